The summed E-state index contributed by atoms with van der Waals surface area (Å²) in [4.78, 5) is 33.9. The minimum atomic E-state index is -0.173. The molecule has 1 aliphatic carbocycles. The van der Waals surface area contributed by atoms with Crippen LogP contribution in [0.1, 0.15) is 46.2 Å². The van der Waals surface area contributed by atoms with Gasteiger partial charge in [-0.25, -0.2) is 4.98 Å². The summed E-state index contributed by atoms with van der Waals surface area (Å²) in [5.41, 5.74) is 3.51. The Morgan fingerprint density at radius 3 is 2.55 bits per heavy atom. The molecule has 2 N–H and O–H groups in total. The summed E-state index contributed by atoms with van der Waals surface area (Å²) in [5, 5.41) is 6.32. The molecule has 2 aromatic heterocycles. The third-order valence-corrected chi connectivity index (χ3v) is 5.37. The van der Waals surface area contributed by atoms with Gasteiger partial charge < -0.3 is 10.6 Å². The minimum absolute atomic E-state index is 0.0127. The Bertz CT molecular complexity index is 1080. The highest BCUT2D eigenvalue weighted by Crippen LogP contribution is 2.30. The Labute approximate surface area is 182 Å². The molecule has 31 heavy (non-hydrogen) atoms. The number of carbonyl (C=O) groups is 2. The van der Waals surface area contributed by atoms with Gasteiger partial charge in [0.05, 0.1) is 11.3 Å². The maximum atomic E-state index is 12.9. The number of ketones is 1. The number of amides is 1. The fourth-order valence-corrected chi connectivity index (χ4v) is 3.45. The third-order valence-electron chi connectivity index (χ3n) is 5.37. The molecule has 6 nitrogen and oxygen atoms in total. The first kappa shape index (κ1) is 20.7. The van der Waals surface area contributed by atoms with Crippen LogP contribution in [0, 0.1) is 5.92 Å². The largest absolute Gasteiger partial charge is 0.369 e. The van der Waals surface area contributed by atoms with E-state index in [1.165, 1.54) is 12.8 Å². The smallest absolute Gasteiger partial charge is 0.255 e. The van der Waals surface area contributed by atoms with E-state index in [0.717, 1.165) is 17.8 Å². The molecule has 0 unspecified atom stereocenters. The zero-order valence-electron chi connectivity index (χ0n) is 17.6. The van der Waals surface area contributed by atoms with Gasteiger partial charge in [-0.1, -0.05) is 30.3 Å². The predicted octanol–water partition coefficient (Wildman–Crippen LogP) is 4.14. The molecule has 158 valence electrons. The molecule has 0 aliphatic heterocycles. The van der Waals surface area contributed by atoms with E-state index in [9.17, 15) is 9.59 Å². The second-order valence-electron chi connectivity index (χ2n) is 7.85. The highest BCUT2D eigenvalue weighted by molar-refractivity contribution is 6.02. The molecule has 0 spiro atoms. The van der Waals surface area contributed by atoms with Gasteiger partial charge in [-0.05, 0) is 49.9 Å². The average molecular weight is 415 g/mol. The van der Waals surface area contributed by atoms with Crippen LogP contribution in [-0.2, 0) is 6.42 Å². The molecule has 1 aliphatic rings. The number of benzene rings is 1. The number of rotatable bonds is 9. The number of hydrogen-bond donors (Lipinski definition) is 2. The molecule has 0 radical (unpaired) electrons. The normalized spacial score (nSPS) is 12.9. The maximum absolute atomic E-state index is 12.9. The molecule has 0 bridgehead atoms. The summed E-state index contributed by atoms with van der Waals surface area (Å²) in [7, 11) is 0. The molecule has 2 heterocycles. The number of nitrogens with zero attached hydrogens (tertiary/aromatic N) is 2. The van der Waals surface area contributed by atoms with Gasteiger partial charge in [-0.3, -0.25) is 14.6 Å². The fourth-order valence-electron chi connectivity index (χ4n) is 3.45. The number of hydrogen-bond acceptors (Lipinski definition) is 5. The molecule has 3 aromatic rings. The standard InChI is InChI=1S/C25H26N4O2/c1-17(30)20-7-2-3-8-21(20)23-12-11-22(24(29-23)28-16-18-9-10-18)25(31)27-15-13-19-6-4-5-14-26-19/h2-8,11-12,14,18H,9-10,13,15-16H2,1H3,(H,27,31)(H,28,29). The first-order valence-corrected chi connectivity index (χ1v) is 10.6. The van der Waals surface area contributed by atoms with Crippen molar-refractivity contribution in [1.29, 1.82) is 0 Å². The van der Waals surface area contributed by atoms with E-state index in [1.807, 2.05) is 36.4 Å². The number of Topliss-reactive ketones (excluding diaryl/α,β-unsaturated/α-hetero) is 1. The van der Waals surface area contributed by atoms with Crippen molar-refractivity contribution in [2.24, 2.45) is 5.92 Å². The molecular weight excluding hydrogens is 388 g/mol. The van der Waals surface area contributed by atoms with Crippen LogP contribution in [-0.4, -0.2) is 34.7 Å². The van der Waals surface area contributed by atoms with Crippen LogP contribution in [0.2, 0.25) is 0 Å². The fraction of sp³-hybridized carbons (Fsp3) is 0.280. The molecule has 0 saturated heterocycles. The Hall–Kier alpha value is -3.54. The number of pyridine rings is 2. The zero-order valence-corrected chi connectivity index (χ0v) is 17.6. The topological polar surface area (TPSA) is 84.0 Å². The van der Waals surface area contributed by atoms with Crippen LogP contribution in [0.25, 0.3) is 11.3 Å². The highest BCUT2D eigenvalue weighted by Gasteiger charge is 2.23. The van der Waals surface area contributed by atoms with Crippen LogP contribution in [0.4, 0.5) is 5.82 Å². The summed E-state index contributed by atoms with van der Waals surface area (Å²) >= 11 is 0. The average Bonchev–Trinajstić information content (AvgIpc) is 3.63. The van der Waals surface area contributed by atoms with Crippen LogP contribution < -0.4 is 10.6 Å². The van der Waals surface area contributed by atoms with Crippen molar-refractivity contribution in [3.8, 4) is 11.3 Å². The Morgan fingerprint density at radius 1 is 1.00 bits per heavy atom. The predicted molar refractivity (Wildman–Crippen MR) is 121 cm³/mol. The second-order valence-corrected chi connectivity index (χ2v) is 7.85. The van der Waals surface area contributed by atoms with Crippen LogP contribution in [0.15, 0.2) is 60.8 Å². The minimum Gasteiger partial charge on any atom is -0.369 e. The Kier molecular flexibility index (Phi) is 6.36. The molecule has 6 heteroatoms. The number of nitrogens with one attached hydrogen (secondary N) is 2. The van der Waals surface area contributed by atoms with Gasteiger partial charge in [-0.15, -0.1) is 0 Å². The highest BCUT2D eigenvalue weighted by atomic mass is 16.1. The van der Waals surface area contributed by atoms with Crippen molar-refractivity contribution in [1.82, 2.24) is 15.3 Å². The van der Waals surface area contributed by atoms with Crippen LogP contribution >= 0.6 is 0 Å². The monoisotopic (exact) mass is 414 g/mol. The van der Waals surface area contributed by atoms with E-state index in [2.05, 4.69) is 15.6 Å². The number of carbonyl (C=O) groups excluding carboxylic acids is 2. The lowest BCUT2D eigenvalue weighted by atomic mass is 10.0. The summed E-state index contributed by atoms with van der Waals surface area (Å²) in [6, 6.07) is 16.8. The van der Waals surface area contributed by atoms with Gasteiger partial charge in [0.15, 0.2) is 5.78 Å². The summed E-state index contributed by atoms with van der Waals surface area (Å²) < 4.78 is 0. The van der Waals surface area contributed by atoms with Crippen molar-refractivity contribution < 1.29 is 9.59 Å². The van der Waals surface area contributed by atoms with Crippen LogP contribution in [0.3, 0.4) is 0 Å². The summed E-state index contributed by atoms with van der Waals surface area (Å²) in [6.45, 7) is 2.83. The summed E-state index contributed by atoms with van der Waals surface area (Å²) in [6.07, 6.45) is 4.81. The molecular formula is C25H26N4O2. The van der Waals surface area contributed by atoms with E-state index in [4.69, 9.17) is 4.98 Å². The third kappa shape index (κ3) is 5.34. The molecule has 1 saturated carbocycles. The van der Waals surface area contributed by atoms with Gasteiger partial charge in [0, 0.05) is 42.5 Å². The van der Waals surface area contributed by atoms with Crippen molar-refractivity contribution in [3.05, 3.63) is 77.6 Å². The molecule has 1 aromatic carbocycles. The quantitative estimate of drug-likeness (QED) is 0.514. The van der Waals surface area contributed by atoms with E-state index in [1.54, 1.807) is 31.3 Å². The molecule has 1 amide bonds. The lowest BCUT2D eigenvalue weighted by Gasteiger charge is -2.14. The first-order chi connectivity index (χ1) is 15.1. The van der Waals surface area contributed by atoms with Crippen LogP contribution in [0.5, 0.6) is 0 Å². The Morgan fingerprint density at radius 2 is 1.81 bits per heavy atom. The van der Waals surface area contributed by atoms with Crippen molar-refractivity contribution >= 4 is 17.5 Å². The number of anilines is 1. The Balaban J connectivity index is 1.55. The van der Waals surface area contributed by atoms with Gasteiger partial charge in [0.1, 0.15) is 5.82 Å². The molecule has 0 atom stereocenters. The lowest BCUT2D eigenvalue weighted by molar-refractivity contribution is 0.0953. The van der Waals surface area contributed by atoms with Gasteiger partial charge in [-0.2, -0.15) is 0 Å². The SMILES string of the molecule is CC(=O)c1ccccc1-c1ccc(C(=O)NCCc2ccccn2)c(NCC2CC2)n1. The van der Waals surface area contributed by atoms with E-state index >= 15 is 0 Å². The first-order valence-electron chi connectivity index (χ1n) is 10.6. The van der Waals surface area contributed by atoms with Gasteiger partial charge in [0.25, 0.3) is 5.91 Å². The second kappa shape index (κ2) is 9.51. The van der Waals surface area contributed by atoms with Crippen molar-refractivity contribution in [2.75, 3.05) is 18.4 Å². The van der Waals surface area contributed by atoms with E-state index in [0.29, 0.717) is 41.5 Å². The van der Waals surface area contributed by atoms with E-state index in [-0.39, 0.29) is 11.7 Å². The zero-order chi connectivity index (χ0) is 21.6. The van der Waals surface area contributed by atoms with Crippen molar-refractivity contribution in [2.45, 2.75) is 26.2 Å². The lowest BCUT2D eigenvalue weighted by Crippen LogP contribution is -2.27. The van der Waals surface area contributed by atoms with Gasteiger partial charge in [0.2, 0.25) is 0 Å². The molecule has 1 fully saturated rings. The van der Waals surface area contributed by atoms with Crippen molar-refractivity contribution in [3.63, 3.8) is 0 Å². The maximum Gasteiger partial charge on any atom is 0.255 e. The number of aromatic nitrogens is 2. The van der Waals surface area contributed by atoms with Gasteiger partial charge >= 0.3 is 0 Å². The molecule has 4 rings (SSSR count). The summed E-state index contributed by atoms with van der Waals surface area (Å²) in [5.74, 6) is 1.00. The van der Waals surface area contributed by atoms with E-state index < -0.39 is 0 Å².